The van der Waals surface area contributed by atoms with Crippen molar-refractivity contribution in [2.24, 2.45) is 0 Å². The van der Waals surface area contributed by atoms with Gasteiger partial charge in [0.25, 0.3) is 5.91 Å². The Bertz CT molecular complexity index is 1370. The average Bonchev–Trinajstić information content (AvgIpc) is 3.44. The number of carbonyl (C=O) groups excluding carboxylic acids is 1. The fraction of sp³-hybridized carbons (Fsp3) is 0.250. The molecule has 33 heavy (non-hydrogen) atoms. The maximum Gasteiger partial charge on any atom is 0.297 e. The predicted molar refractivity (Wildman–Crippen MR) is 130 cm³/mol. The zero-order valence-corrected chi connectivity index (χ0v) is 20.2. The molecule has 2 aromatic heterocycles. The Labute approximate surface area is 202 Å². The predicted octanol–water partition coefficient (Wildman–Crippen LogP) is 5.73. The molecule has 0 radical (unpaired) electrons. The van der Waals surface area contributed by atoms with E-state index in [2.05, 4.69) is 33.1 Å². The summed E-state index contributed by atoms with van der Waals surface area (Å²) in [4.78, 5) is 28.5. The third kappa shape index (κ3) is 3.95. The number of hydrogen-bond acceptors (Lipinski definition) is 7. The Hall–Kier alpha value is -3.04. The second-order valence-electron chi connectivity index (χ2n) is 7.74. The monoisotopic (exact) mass is 525 g/mol. The molecule has 7 nitrogen and oxygen atoms in total. The number of amides is 1. The van der Waals surface area contributed by atoms with Gasteiger partial charge in [-0.2, -0.15) is 0 Å². The summed E-state index contributed by atoms with van der Waals surface area (Å²) >= 11 is 4.64. The van der Waals surface area contributed by atoms with Gasteiger partial charge in [0.1, 0.15) is 16.8 Å². The van der Waals surface area contributed by atoms with E-state index in [1.807, 2.05) is 24.3 Å². The molecule has 168 valence electrons. The van der Waals surface area contributed by atoms with Gasteiger partial charge < -0.3 is 9.15 Å². The highest BCUT2D eigenvalue weighted by Crippen LogP contribution is 2.42. The molecule has 5 rings (SSSR count). The minimum absolute atomic E-state index is 0.0370. The van der Waals surface area contributed by atoms with Gasteiger partial charge in [-0.05, 0) is 42.3 Å². The number of hydrogen-bond donors (Lipinski definition) is 0. The number of nitrogens with zero attached hydrogens (tertiary/aromatic N) is 3. The maximum atomic E-state index is 13.6. The molecule has 1 aliphatic heterocycles. The van der Waals surface area contributed by atoms with Crippen LogP contribution in [-0.2, 0) is 0 Å². The number of unbranched alkanes of at least 4 members (excludes halogenated alkanes) is 2. The van der Waals surface area contributed by atoms with E-state index in [9.17, 15) is 9.59 Å². The lowest BCUT2D eigenvalue weighted by Gasteiger charge is -2.22. The molecule has 1 amide bonds. The van der Waals surface area contributed by atoms with Gasteiger partial charge in [-0.1, -0.05) is 59.2 Å². The summed E-state index contributed by atoms with van der Waals surface area (Å²) in [7, 11) is 0. The molecule has 2 aromatic carbocycles. The van der Waals surface area contributed by atoms with E-state index in [1.165, 1.54) is 16.2 Å². The van der Waals surface area contributed by atoms with Gasteiger partial charge in [-0.25, -0.2) is 0 Å². The van der Waals surface area contributed by atoms with E-state index in [-0.39, 0.29) is 11.2 Å². The molecule has 0 bridgehead atoms. The number of anilines is 1. The van der Waals surface area contributed by atoms with Crippen molar-refractivity contribution in [2.45, 2.75) is 32.2 Å². The standard InChI is InChI=1S/C24H20BrN3O4S/c1-2-3-4-11-31-16-8-5-14(6-9-16)20-19-21(29)17-12-15(25)7-10-18(17)32-22(19)23(30)28(20)24-27-26-13-33-24/h5-10,12-13,20H,2-4,11H2,1H3. The average molecular weight is 526 g/mol. The van der Waals surface area contributed by atoms with Gasteiger partial charge >= 0.3 is 0 Å². The molecule has 0 aliphatic carbocycles. The second kappa shape index (κ2) is 9.07. The number of aromatic nitrogens is 2. The lowest BCUT2D eigenvalue weighted by atomic mass is 9.98. The molecule has 4 aromatic rings. The van der Waals surface area contributed by atoms with E-state index in [0.717, 1.165) is 35.0 Å². The van der Waals surface area contributed by atoms with Crippen LogP contribution in [0.1, 0.15) is 53.9 Å². The Morgan fingerprint density at radius 3 is 2.70 bits per heavy atom. The zero-order valence-electron chi connectivity index (χ0n) is 17.8. The topological polar surface area (TPSA) is 85.5 Å². The lowest BCUT2D eigenvalue weighted by Crippen LogP contribution is -2.29. The third-order valence-electron chi connectivity index (χ3n) is 5.60. The van der Waals surface area contributed by atoms with Crippen LogP contribution in [0.3, 0.4) is 0 Å². The summed E-state index contributed by atoms with van der Waals surface area (Å²) < 4.78 is 12.5. The van der Waals surface area contributed by atoms with Crippen molar-refractivity contribution in [3.8, 4) is 5.75 Å². The van der Waals surface area contributed by atoms with Crippen LogP contribution in [0.2, 0.25) is 0 Å². The van der Waals surface area contributed by atoms with Gasteiger partial charge in [-0.15, -0.1) is 10.2 Å². The fourth-order valence-electron chi connectivity index (χ4n) is 4.02. The van der Waals surface area contributed by atoms with Crippen LogP contribution in [0, 0.1) is 0 Å². The molecule has 0 N–H and O–H groups in total. The van der Waals surface area contributed by atoms with Crippen LogP contribution in [0.5, 0.6) is 5.75 Å². The van der Waals surface area contributed by atoms with Crippen molar-refractivity contribution in [3.63, 3.8) is 0 Å². The highest BCUT2D eigenvalue weighted by Gasteiger charge is 2.45. The second-order valence-corrected chi connectivity index (χ2v) is 9.47. The molecule has 0 fully saturated rings. The first-order chi connectivity index (χ1) is 16.1. The number of ether oxygens (including phenoxy) is 1. The summed E-state index contributed by atoms with van der Waals surface area (Å²) in [6.45, 7) is 2.80. The van der Waals surface area contributed by atoms with Crippen molar-refractivity contribution in [2.75, 3.05) is 11.5 Å². The van der Waals surface area contributed by atoms with E-state index in [4.69, 9.17) is 9.15 Å². The molecule has 1 atom stereocenters. The summed E-state index contributed by atoms with van der Waals surface area (Å²) in [5.41, 5.74) is 2.75. The Balaban J connectivity index is 1.60. The molecule has 1 unspecified atom stereocenters. The number of halogens is 1. The SMILES string of the molecule is CCCCCOc1ccc(C2c3c(oc4ccc(Br)cc4c3=O)C(=O)N2c2nncs2)cc1. The van der Waals surface area contributed by atoms with Crippen LogP contribution in [0.25, 0.3) is 11.0 Å². The Morgan fingerprint density at radius 1 is 1.15 bits per heavy atom. The van der Waals surface area contributed by atoms with Gasteiger partial charge in [0.2, 0.25) is 10.9 Å². The number of rotatable bonds is 7. The number of carbonyl (C=O) groups is 1. The maximum absolute atomic E-state index is 13.6. The summed E-state index contributed by atoms with van der Waals surface area (Å²) in [5, 5.41) is 8.79. The van der Waals surface area contributed by atoms with Crippen LogP contribution < -0.4 is 15.1 Å². The highest BCUT2D eigenvalue weighted by atomic mass is 79.9. The van der Waals surface area contributed by atoms with Gasteiger partial charge in [0.05, 0.1) is 23.6 Å². The molecule has 3 heterocycles. The molecule has 0 spiro atoms. The molecule has 1 aliphatic rings. The zero-order chi connectivity index (χ0) is 22.9. The summed E-state index contributed by atoms with van der Waals surface area (Å²) in [6, 6.07) is 12.0. The van der Waals surface area contributed by atoms with Crippen molar-refractivity contribution >= 4 is 49.3 Å². The van der Waals surface area contributed by atoms with E-state index in [0.29, 0.717) is 28.3 Å². The number of fused-ring (bicyclic) bond motifs is 2. The van der Waals surface area contributed by atoms with Crippen molar-refractivity contribution < 1.29 is 13.9 Å². The normalized spacial score (nSPS) is 15.3. The van der Waals surface area contributed by atoms with Gasteiger partial charge in [0, 0.05) is 4.47 Å². The number of benzene rings is 2. The Morgan fingerprint density at radius 2 is 1.97 bits per heavy atom. The first kappa shape index (κ1) is 21.8. The quantitative estimate of drug-likeness (QED) is 0.286. The minimum atomic E-state index is -0.672. The van der Waals surface area contributed by atoms with Crippen LogP contribution in [0.15, 0.2) is 61.7 Å². The first-order valence-electron chi connectivity index (χ1n) is 10.7. The van der Waals surface area contributed by atoms with E-state index in [1.54, 1.807) is 23.7 Å². The van der Waals surface area contributed by atoms with Crippen molar-refractivity contribution in [1.29, 1.82) is 0 Å². The van der Waals surface area contributed by atoms with E-state index < -0.39 is 11.9 Å². The minimum Gasteiger partial charge on any atom is -0.494 e. The summed E-state index contributed by atoms with van der Waals surface area (Å²) in [6.07, 6.45) is 3.25. The molecule has 0 saturated heterocycles. The molecular formula is C24H20BrN3O4S. The largest absolute Gasteiger partial charge is 0.494 e. The first-order valence-corrected chi connectivity index (χ1v) is 12.3. The molecule has 0 saturated carbocycles. The molecular weight excluding hydrogens is 506 g/mol. The third-order valence-corrected chi connectivity index (χ3v) is 6.78. The van der Waals surface area contributed by atoms with Crippen LogP contribution in [-0.4, -0.2) is 22.7 Å². The smallest absolute Gasteiger partial charge is 0.297 e. The summed E-state index contributed by atoms with van der Waals surface area (Å²) in [5.74, 6) is 0.375. The van der Waals surface area contributed by atoms with Crippen molar-refractivity contribution in [3.05, 3.63) is 79.6 Å². The van der Waals surface area contributed by atoms with Gasteiger partial charge in [-0.3, -0.25) is 14.5 Å². The van der Waals surface area contributed by atoms with Crippen LogP contribution >= 0.6 is 27.3 Å². The van der Waals surface area contributed by atoms with E-state index >= 15 is 0 Å². The van der Waals surface area contributed by atoms with Gasteiger partial charge in [0.15, 0.2) is 5.43 Å². The van der Waals surface area contributed by atoms with Crippen molar-refractivity contribution in [1.82, 2.24) is 10.2 Å². The van der Waals surface area contributed by atoms with Crippen LogP contribution in [0.4, 0.5) is 5.13 Å². The fourth-order valence-corrected chi connectivity index (χ4v) is 4.96. The lowest BCUT2D eigenvalue weighted by molar-refractivity contribution is 0.0970. The highest BCUT2D eigenvalue weighted by molar-refractivity contribution is 9.10. The Kier molecular flexibility index (Phi) is 5.99. The molecule has 9 heteroatoms.